The average Bonchev–Trinajstić information content (AvgIpc) is 2.98. The molecule has 2 atom stereocenters. The van der Waals surface area contributed by atoms with Crippen LogP contribution in [0.3, 0.4) is 0 Å². The number of ether oxygens (including phenoxy) is 3. The molecule has 0 N–H and O–H groups in total. The smallest absolute Gasteiger partial charge is 0.268 e. The van der Waals surface area contributed by atoms with E-state index < -0.39 is 6.29 Å². The van der Waals surface area contributed by atoms with Gasteiger partial charge in [0.1, 0.15) is 0 Å². The van der Waals surface area contributed by atoms with E-state index in [1.807, 2.05) is 36.4 Å². The van der Waals surface area contributed by atoms with Crippen molar-refractivity contribution in [2.45, 2.75) is 32.5 Å². The van der Waals surface area contributed by atoms with Crippen molar-refractivity contribution < 1.29 is 14.2 Å². The molecule has 1 aliphatic heterocycles. The standard InChI is InChI=1S/C18H20O3/c1-4-12(2)14-10-15(19-3)17-16(11-14)20-18(21-17)13-8-6-5-7-9-13/h5-12,18H,4H2,1-3H3. The van der Waals surface area contributed by atoms with E-state index in [2.05, 4.69) is 19.9 Å². The minimum absolute atomic E-state index is 0.401. The molecule has 3 heteroatoms. The molecule has 0 radical (unpaired) electrons. The lowest BCUT2D eigenvalue weighted by atomic mass is 9.98. The van der Waals surface area contributed by atoms with Gasteiger partial charge < -0.3 is 14.2 Å². The predicted octanol–water partition coefficient (Wildman–Crippen LogP) is 4.68. The maximum absolute atomic E-state index is 5.97. The first-order chi connectivity index (χ1) is 10.2. The van der Waals surface area contributed by atoms with Crippen LogP contribution in [0.1, 0.15) is 43.6 Å². The Hall–Kier alpha value is -2.16. The Morgan fingerprint density at radius 2 is 1.90 bits per heavy atom. The summed E-state index contributed by atoms with van der Waals surface area (Å²) in [6, 6.07) is 14.0. The van der Waals surface area contributed by atoms with Crippen LogP contribution in [0.4, 0.5) is 0 Å². The Balaban J connectivity index is 1.95. The molecule has 0 aromatic heterocycles. The van der Waals surface area contributed by atoms with Gasteiger partial charge in [0.2, 0.25) is 5.75 Å². The first-order valence-electron chi connectivity index (χ1n) is 7.33. The van der Waals surface area contributed by atoms with Crippen molar-refractivity contribution in [3.8, 4) is 17.2 Å². The van der Waals surface area contributed by atoms with E-state index >= 15 is 0 Å². The molecule has 0 saturated carbocycles. The van der Waals surface area contributed by atoms with E-state index in [0.29, 0.717) is 11.7 Å². The van der Waals surface area contributed by atoms with Crippen LogP contribution in [-0.4, -0.2) is 7.11 Å². The van der Waals surface area contributed by atoms with Gasteiger partial charge in [-0.1, -0.05) is 44.2 Å². The molecule has 0 spiro atoms. The fraction of sp³-hybridized carbons (Fsp3) is 0.333. The van der Waals surface area contributed by atoms with Gasteiger partial charge in [-0.25, -0.2) is 0 Å². The van der Waals surface area contributed by atoms with Gasteiger partial charge in [0, 0.05) is 5.56 Å². The van der Waals surface area contributed by atoms with Crippen molar-refractivity contribution in [3.05, 3.63) is 53.6 Å². The molecule has 110 valence electrons. The van der Waals surface area contributed by atoms with Gasteiger partial charge >= 0.3 is 0 Å². The summed E-state index contributed by atoms with van der Waals surface area (Å²) in [5.41, 5.74) is 2.21. The minimum Gasteiger partial charge on any atom is -0.493 e. The number of fused-ring (bicyclic) bond motifs is 1. The van der Waals surface area contributed by atoms with Gasteiger partial charge in [-0.2, -0.15) is 0 Å². The second kappa shape index (κ2) is 5.68. The summed E-state index contributed by atoms with van der Waals surface area (Å²) in [6.07, 6.45) is 0.674. The van der Waals surface area contributed by atoms with Crippen LogP contribution in [0.2, 0.25) is 0 Å². The maximum atomic E-state index is 5.97. The van der Waals surface area contributed by atoms with Crippen molar-refractivity contribution >= 4 is 0 Å². The summed E-state index contributed by atoms with van der Waals surface area (Å²) in [4.78, 5) is 0. The van der Waals surface area contributed by atoms with Gasteiger partial charge in [-0.3, -0.25) is 0 Å². The summed E-state index contributed by atoms with van der Waals surface area (Å²) in [7, 11) is 1.66. The number of rotatable bonds is 4. The largest absolute Gasteiger partial charge is 0.493 e. The molecule has 1 aliphatic rings. The fourth-order valence-corrected chi connectivity index (χ4v) is 2.47. The second-order valence-electron chi connectivity index (χ2n) is 5.34. The second-order valence-corrected chi connectivity index (χ2v) is 5.34. The molecule has 1 heterocycles. The predicted molar refractivity (Wildman–Crippen MR) is 82.1 cm³/mol. The molecule has 0 saturated heterocycles. The van der Waals surface area contributed by atoms with Crippen molar-refractivity contribution in [1.29, 1.82) is 0 Å². The van der Waals surface area contributed by atoms with Gasteiger partial charge in [-0.15, -0.1) is 0 Å². The Labute approximate surface area is 125 Å². The van der Waals surface area contributed by atoms with Gasteiger partial charge in [-0.05, 0) is 30.0 Å². The van der Waals surface area contributed by atoms with Gasteiger partial charge in [0.05, 0.1) is 7.11 Å². The highest BCUT2D eigenvalue weighted by molar-refractivity contribution is 5.56. The summed E-state index contributed by atoms with van der Waals surface area (Å²) in [6.45, 7) is 4.38. The minimum atomic E-state index is -0.401. The van der Waals surface area contributed by atoms with Crippen LogP contribution < -0.4 is 14.2 Å². The monoisotopic (exact) mass is 284 g/mol. The van der Waals surface area contributed by atoms with Crippen molar-refractivity contribution in [2.24, 2.45) is 0 Å². The highest BCUT2D eigenvalue weighted by atomic mass is 16.7. The molecule has 2 aromatic carbocycles. The molecular weight excluding hydrogens is 264 g/mol. The fourth-order valence-electron chi connectivity index (χ4n) is 2.47. The van der Waals surface area contributed by atoms with Crippen molar-refractivity contribution in [3.63, 3.8) is 0 Å². The van der Waals surface area contributed by atoms with Crippen LogP contribution >= 0.6 is 0 Å². The number of hydrogen-bond donors (Lipinski definition) is 0. The van der Waals surface area contributed by atoms with Crippen LogP contribution in [0.15, 0.2) is 42.5 Å². The molecule has 0 aliphatic carbocycles. The highest BCUT2D eigenvalue weighted by Crippen LogP contribution is 2.48. The third-order valence-electron chi connectivity index (χ3n) is 3.98. The van der Waals surface area contributed by atoms with E-state index in [1.54, 1.807) is 7.11 Å². The van der Waals surface area contributed by atoms with E-state index in [1.165, 1.54) is 5.56 Å². The van der Waals surface area contributed by atoms with E-state index in [4.69, 9.17) is 14.2 Å². The lowest BCUT2D eigenvalue weighted by molar-refractivity contribution is 0.0474. The molecule has 2 unspecified atom stereocenters. The Kier molecular flexibility index (Phi) is 3.74. The van der Waals surface area contributed by atoms with Crippen molar-refractivity contribution in [2.75, 3.05) is 7.11 Å². The first-order valence-corrected chi connectivity index (χ1v) is 7.33. The van der Waals surface area contributed by atoms with Crippen LogP contribution in [0.5, 0.6) is 17.2 Å². The normalized spacial score (nSPS) is 17.6. The molecule has 3 rings (SSSR count). The molecular formula is C18H20O3. The van der Waals surface area contributed by atoms with Gasteiger partial charge in [0.15, 0.2) is 11.5 Å². The van der Waals surface area contributed by atoms with Crippen LogP contribution in [0.25, 0.3) is 0 Å². The third-order valence-corrected chi connectivity index (χ3v) is 3.98. The Morgan fingerprint density at radius 1 is 1.14 bits per heavy atom. The summed E-state index contributed by atoms with van der Waals surface area (Å²) >= 11 is 0. The van der Waals surface area contributed by atoms with E-state index in [9.17, 15) is 0 Å². The average molecular weight is 284 g/mol. The summed E-state index contributed by atoms with van der Waals surface area (Å²) in [5, 5.41) is 0. The molecule has 0 bridgehead atoms. The number of methoxy groups -OCH3 is 1. The van der Waals surface area contributed by atoms with Crippen LogP contribution in [0, 0.1) is 0 Å². The number of benzene rings is 2. The maximum Gasteiger partial charge on any atom is 0.268 e. The Morgan fingerprint density at radius 3 is 2.57 bits per heavy atom. The topological polar surface area (TPSA) is 27.7 Å². The zero-order chi connectivity index (χ0) is 14.8. The molecule has 0 amide bonds. The molecule has 2 aromatic rings. The van der Waals surface area contributed by atoms with E-state index in [-0.39, 0.29) is 0 Å². The zero-order valence-electron chi connectivity index (χ0n) is 12.6. The number of hydrogen-bond acceptors (Lipinski definition) is 3. The highest BCUT2D eigenvalue weighted by Gasteiger charge is 2.30. The Bertz CT molecular complexity index is 622. The lowest BCUT2D eigenvalue weighted by Gasteiger charge is -2.12. The summed E-state index contributed by atoms with van der Waals surface area (Å²) < 4.78 is 17.4. The lowest BCUT2D eigenvalue weighted by Crippen LogP contribution is -2.07. The van der Waals surface area contributed by atoms with E-state index in [0.717, 1.165) is 23.5 Å². The molecule has 21 heavy (non-hydrogen) atoms. The third kappa shape index (κ3) is 2.56. The van der Waals surface area contributed by atoms with Crippen molar-refractivity contribution in [1.82, 2.24) is 0 Å². The van der Waals surface area contributed by atoms with Gasteiger partial charge in [0.25, 0.3) is 6.29 Å². The first kappa shape index (κ1) is 13.8. The molecule has 3 nitrogen and oxygen atoms in total. The molecule has 0 fully saturated rings. The zero-order valence-corrected chi connectivity index (χ0v) is 12.6. The quantitative estimate of drug-likeness (QED) is 0.816. The summed E-state index contributed by atoms with van der Waals surface area (Å²) in [5.74, 6) is 2.65. The SMILES string of the molecule is CCC(C)c1cc(OC)c2c(c1)OC(c1ccccc1)O2. The van der Waals surface area contributed by atoms with Crippen LogP contribution in [-0.2, 0) is 0 Å².